The second kappa shape index (κ2) is 7.93. The van der Waals surface area contributed by atoms with Gasteiger partial charge in [0.05, 0.1) is 12.7 Å². The molecule has 0 saturated heterocycles. The molecule has 0 saturated carbocycles. The normalized spacial score (nSPS) is 10.0. The second-order valence-electron chi connectivity index (χ2n) is 4.85. The van der Waals surface area contributed by atoms with Gasteiger partial charge in [0, 0.05) is 13.1 Å². The third kappa shape index (κ3) is 5.10. The third-order valence-corrected chi connectivity index (χ3v) is 3.17. The number of amides is 2. The van der Waals surface area contributed by atoms with Crippen LogP contribution < -0.4 is 10.6 Å². The van der Waals surface area contributed by atoms with Crippen molar-refractivity contribution < 1.29 is 18.7 Å². The number of esters is 1. The minimum Gasteiger partial charge on any atom is -0.465 e. The van der Waals surface area contributed by atoms with Gasteiger partial charge in [-0.25, -0.2) is 14.0 Å². The summed E-state index contributed by atoms with van der Waals surface area (Å²) in [4.78, 5) is 23.0. The van der Waals surface area contributed by atoms with Crippen LogP contribution in [0.2, 0.25) is 0 Å². The molecule has 0 bridgehead atoms. The highest BCUT2D eigenvalue weighted by molar-refractivity contribution is 5.89. The second-order valence-corrected chi connectivity index (χ2v) is 4.85. The largest absolute Gasteiger partial charge is 0.465 e. The maximum atomic E-state index is 13.0. The van der Waals surface area contributed by atoms with Crippen LogP contribution in [0.4, 0.5) is 9.18 Å². The van der Waals surface area contributed by atoms with Gasteiger partial charge in [-0.15, -0.1) is 0 Å². The van der Waals surface area contributed by atoms with Gasteiger partial charge in [0.1, 0.15) is 5.82 Å². The number of nitrogens with one attached hydrogen (secondary N) is 2. The van der Waals surface area contributed by atoms with Crippen molar-refractivity contribution in [1.82, 2.24) is 10.6 Å². The zero-order valence-corrected chi connectivity index (χ0v) is 12.6. The van der Waals surface area contributed by atoms with Gasteiger partial charge in [-0.05, 0) is 35.4 Å². The molecule has 2 amide bonds. The Bertz CT molecular complexity index is 686. The molecule has 0 fully saturated rings. The first-order valence-electron chi connectivity index (χ1n) is 7.02. The summed E-state index contributed by atoms with van der Waals surface area (Å²) in [6.07, 6.45) is 0. The zero-order valence-electron chi connectivity index (χ0n) is 12.6. The summed E-state index contributed by atoms with van der Waals surface area (Å²) in [5.74, 6) is -0.743. The molecule has 23 heavy (non-hydrogen) atoms. The van der Waals surface area contributed by atoms with Crippen LogP contribution in [-0.4, -0.2) is 19.1 Å². The molecule has 6 heteroatoms. The Hall–Kier alpha value is -2.89. The lowest BCUT2D eigenvalue weighted by molar-refractivity contribution is 0.0600. The third-order valence-electron chi connectivity index (χ3n) is 3.17. The van der Waals surface area contributed by atoms with E-state index in [1.165, 1.54) is 19.2 Å². The maximum Gasteiger partial charge on any atom is 0.337 e. The van der Waals surface area contributed by atoms with E-state index in [9.17, 15) is 14.0 Å². The summed E-state index contributed by atoms with van der Waals surface area (Å²) in [7, 11) is 1.32. The summed E-state index contributed by atoms with van der Waals surface area (Å²) >= 11 is 0. The first kappa shape index (κ1) is 16.5. The first-order chi connectivity index (χ1) is 11.1. The first-order valence-corrected chi connectivity index (χ1v) is 7.02. The van der Waals surface area contributed by atoms with Gasteiger partial charge < -0.3 is 15.4 Å². The van der Waals surface area contributed by atoms with Crippen molar-refractivity contribution >= 4 is 12.0 Å². The van der Waals surface area contributed by atoms with Gasteiger partial charge in [-0.2, -0.15) is 0 Å². The molecule has 0 unspecified atom stereocenters. The Morgan fingerprint density at radius 2 is 1.65 bits per heavy atom. The average molecular weight is 316 g/mol. The van der Waals surface area contributed by atoms with E-state index in [4.69, 9.17) is 0 Å². The fraction of sp³-hybridized carbons (Fsp3) is 0.176. The number of halogens is 1. The van der Waals surface area contributed by atoms with Crippen LogP contribution in [0.25, 0.3) is 0 Å². The van der Waals surface area contributed by atoms with Crippen molar-refractivity contribution in [2.75, 3.05) is 7.11 Å². The number of rotatable bonds is 5. The van der Waals surface area contributed by atoms with Gasteiger partial charge in [-0.3, -0.25) is 0 Å². The van der Waals surface area contributed by atoms with E-state index in [0.29, 0.717) is 17.7 Å². The molecule has 2 N–H and O–H groups in total. The van der Waals surface area contributed by atoms with Crippen LogP contribution in [-0.2, 0) is 17.8 Å². The Balaban J connectivity index is 1.79. The van der Waals surface area contributed by atoms with Crippen LogP contribution in [0, 0.1) is 5.82 Å². The minimum atomic E-state index is -0.405. The Morgan fingerprint density at radius 3 is 2.26 bits per heavy atom. The number of ether oxygens (including phenoxy) is 1. The van der Waals surface area contributed by atoms with Crippen molar-refractivity contribution in [1.29, 1.82) is 0 Å². The molecule has 2 rings (SSSR count). The molecule has 0 radical (unpaired) electrons. The minimum absolute atomic E-state index is 0.241. The van der Waals surface area contributed by atoms with Crippen molar-refractivity contribution in [2.24, 2.45) is 0 Å². The van der Waals surface area contributed by atoms with Crippen LogP contribution in [0.15, 0.2) is 48.5 Å². The predicted molar refractivity (Wildman–Crippen MR) is 83.3 cm³/mol. The lowest BCUT2D eigenvalue weighted by Gasteiger charge is -2.08. The number of carbonyl (C=O) groups is 2. The molecule has 5 nitrogen and oxygen atoms in total. The molecular weight excluding hydrogens is 299 g/mol. The van der Waals surface area contributed by atoms with Gasteiger partial charge in [0.15, 0.2) is 0 Å². The molecule has 2 aromatic rings. The molecule has 0 heterocycles. The quantitative estimate of drug-likeness (QED) is 0.833. The molecule has 0 spiro atoms. The Labute approximate surface area is 133 Å². The number of hydrogen-bond acceptors (Lipinski definition) is 3. The number of benzene rings is 2. The fourth-order valence-electron chi connectivity index (χ4n) is 1.95. The highest BCUT2D eigenvalue weighted by Crippen LogP contribution is 2.06. The summed E-state index contributed by atoms with van der Waals surface area (Å²) in [5.41, 5.74) is 1.98. The summed E-state index contributed by atoms with van der Waals surface area (Å²) in [6, 6.07) is 12.4. The van der Waals surface area contributed by atoms with E-state index in [1.807, 2.05) is 0 Å². The van der Waals surface area contributed by atoms with E-state index < -0.39 is 5.97 Å². The lowest BCUT2D eigenvalue weighted by Crippen LogP contribution is -2.34. The van der Waals surface area contributed by atoms with Gasteiger partial charge in [0.25, 0.3) is 0 Å². The van der Waals surface area contributed by atoms with Crippen molar-refractivity contribution in [3.63, 3.8) is 0 Å². The van der Waals surface area contributed by atoms with Crippen LogP contribution >= 0.6 is 0 Å². The van der Waals surface area contributed by atoms with Crippen molar-refractivity contribution in [3.8, 4) is 0 Å². The maximum absolute atomic E-state index is 13.0. The predicted octanol–water partition coefficient (Wildman–Crippen LogP) is 2.61. The summed E-state index contributed by atoms with van der Waals surface area (Å²) in [5, 5.41) is 5.33. The van der Waals surface area contributed by atoms with Gasteiger partial charge in [-0.1, -0.05) is 24.3 Å². The molecule has 0 aliphatic carbocycles. The molecule has 120 valence electrons. The zero-order chi connectivity index (χ0) is 16.7. The van der Waals surface area contributed by atoms with E-state index >= 15 is 0 Å². The van der Waals surface area contributed by atoms with E-state index in [-0.39, 0.29) is 18.4 Å². The molecule has 2 aromatic carbocycles. The van der Waals surface area contributed by atoms with E-state index in [0.717, 1.165) is 5.56 Å². The van der Waals surface area contributed by atoms with E-state index in [2.05, 4.69) is 15.4 Å². The molecular formula is C17H17FN2O3. The fourth-order valence-corrected chi connectivity index (χ4v) is 1.95. The Morgan fingerprint density at radius 1 is 1.00 bits per heavy atom. The van der Waals surface area contributed by atoms with Gasteiger partial charge in [0.2, 0.25) is 0 Å². The molecule has 0 atom stereocenters. The number of hydrogen-bond donors (Lipinski definition) is 2. The average Bonchev–Trinajstić information content (AvgIpc) is 2.58. The summed E-state index contributed by atoms with van der Waals surface area (Å²) < 4.78 is 17.6. The smallest absolute Gasteiger partial charge is 0.337 e. The number of carbonyl (C=O) groups excluding carboxylic acids is 2. The lowest BCUT2D eigenvalue weighted by atomic mass is 10.1. The number of methoxy groups -OCH3 is 1. The number of urea groups is 1. The summed E-state index contributed by atoms with van der Waals surface area (Å²) in [6.45, 7) is 0.557. The van der Waals surface area contributed by atoms with Gasteiger partial charge >= 0.3 is 12.0 Å². The Kier molecular flexibility index (Phi) is 5.68. The topological polar surface area (TPSA) is 67.4 Å². The monoisotopic (exact) mass is 316 g/mol. The van der Waals surface area contributed by atoms with Crippen LogP contribution in [0.3, 0.4) is 0 Å². The van der Waals surface area contributed by atoms with Crippen molar-refractivity contribution in [3.05, 3.63) is 71.0 Å². The molecule has 0 aromatic heterocycles. The highest BCUT2D eigenvalue weighted by atomic mass is 19.1. The highest BCUT2D eigenvalue weighted by Gasteiger charge is 2.05. The van der Waals surface area contributed by atoms with Crippen molar-refractivity contribution in [2.45, 2.75) is 13.1 Å². The SMILES string of the molecule is COC(=O)c1ccc(CNC(=O)NCc2cccc(F)c2)cc1. The van der Waals surface area contributed by atoms with Crippen LogP contribution in [0.1, 0.15) is 21.5 Å². The van der Waals surface area contributed by atoms with E-state index in [1.54, 1.807) is 36.4 Å². The van der Waals surface area contributed by atoms with Crippen LogP contribution in [0.5, 0.6) is 0 Å². The molecule has 0 aliphatic heterocycles. The molecule has 0 aliphatic rings. The standard InChI is InChI=1S/C17H17FN2O3/c1-23-16(21)14-7-5-12(6-8-14)10-19-17(22)20-11-13-3-2-4-15(18)9-13/h2-9H,10-11H2,1H3,(H2,19,20,22).